The minimum atomic E-state index is 0.0288. The van der Waals surface area contributed by atoms with Crippen LogP contribution in [0.4, 0.5) is 5.82 Å². The third-order valence-corrected chi connectivity index (χ3v) is 3.66. The smallest absolute Gasteiger partial charge is 0.128 e. The number of pyridine rings is 1. The van der Waals surface area contributed by atoms with Gasteiger partial charge in [0.2, 0.25) is 0 Å². The molecule has 0 saturated heterocycles. The number of aromatic nitrogens is 1. The molecule has 1 atom stereocenters. The minimum absolute atomic E-state index is 0.0288. The number of rotatable bonds is 6. The molecular weight excluding hydrogens is 226 g/mol. The van der Waals surface area contributed by atoms with Crippen molar-refractivity contribution in [3.63, 3.8) is 0 Å². The first-order valence-corrected chi connectivity index (χ1v) is 6.81. The third kappa shape index (κ3) is 3.00. The van der Waals surface area contributed by atoms with Gasteiger partial charge in [-0.05, 0) is 44.2 Å². The SMILES string of the molecule is C[C@H](N)c1ccc(N(CCCO)C2CCC2)nc1. The van der Waals surface area contributed by atoms with Crippen molar-refractivity contribution < 1.29 is 5.11 Å². The second kappa shape index (κ2) is 6.16. The molecule has 1 saturated carbocycles. The highest BCUT2D eigenvalue weighted by molar-refractivity contribution is 5.41. The van der Waals surface area contributed by atoms with Crippen LogP contribution in [0.1, 0.15) is 44.2 Å². The molecule has 1 aliphatic carbocycles. The lowest BCUT2D eigenvalue weighted by atomic mass is 9.91. The third-order valence-electron chi connectivity index (χ3n) is 3.66. The normalized spacial score (nSPS) is 17.3. The molecule has 0 bridgehead atoms. The molecule has 0 aromatic carbocycles. The van der Waals surface area contributed by atoms with Gasteiger partial charge in [0.25, 0.3) is 0 Å². The molecular formula is C14H23N3O. The van der Waals surface area contributed by atoms with Crippen LogP contribution in [0, 0.1) is 0 Å². The van der Waals surface area contributed by atoms with Crippen molar-refractivity contribution in [3.05, 3.63) is 23.9 Å². The number of hydrogen-bond donors (Lipinski definition) is 2. The van der Waals surface area contributed by atoms with E-state index in [9.17, 15) is 0 Å². The molecule has 3 N–H and O–H groups in total. The molecule has 0 aliphatic heterocycles. The Morgan fingerprint density at radius 1 is 1.50 bits per heavy atom. The predicted octanol–water partition coefficient (Wildman–Crippen LogP) is 1.84. The second-order valence-corrected chi connectivity index (χ2v) is 5.09. The molecule has 1 fully saturated rings. The van der Waals surface area contributed by atoms with Crippen molar-refractivity contribution in [2.45, 2.75) is 44.7 Å². The van der Waals surface area contributed by atoms with Crippen LogP contribution < -0.4 is 10.6 Å². The van der Waals surface area contributed by atoms with Gasteiger partial charge in [-0.2, -0.15) is 0 Å². The van der Waals surface area contributed by atoms with Crippen LogP contribution in [0.5, 0.6) is 0 Å². The lowest BCUT2D eigenvalue weighted by Gasteiger charge is -2.38. The van der Waals surface area contributed by atoms with Gasteiger partial charge in [-0.3, -0.25) is 0 Å². The van der Waals surface area contributed by atoms with Crippen LogP contribution in [-0.4, -0.2) is 29.3 Å². The highest BCUT2D eigenvalue weighted by atomic mass is 16.3. The van der Waals surface area contributed by atoms with Gasteiger partial charge in [-0.25, -0.2) is 4.98 Å². The summed E-state index contributed by atoms with van der Waals surface area (Å²) in [5.41, 5.74) is 6.89. The number of aliphatic hydroxyl groups is 1. The number of anilines is 1. The number of hydrogen-bond acceptors (Lipinski definition) is 4. The molecule has 0 unspecified atom stereocenters. The first kappa shape index (κ1) is 13.3. The summed E-state index contributed by atoms with van der Waals surface area (Å²) in [5.74, 6) is 1.01. The molecule has 1 aromatic rings. The van der Waals surface area contributed by atoms with Gasteiger partial charge in [0.1, 0.15) is 5.82 Å². The Hall–Kier alpha value is -1.13. The van der Waals surface area contributed by atoms with Crippen molar-refractivity contribution in [3.8, 4) is 0 Å². The van der Waals surface area contributed by atoms with Gasteiger partial charge in [0.05, 0.1) is 0 Å². The summed E-state index contributed by atoms with van der Waals surface area (Å²) in [6.07, 6.45) is 6.44. The van der Waals surface area contributed by atoms with Crippen LogP contribution in [0.2, 0.25) is 0 Å². The number of nitrogens with zero attached hydrogens (tertiary/aromatic N) is 2. The predicted molar refractivity (Wildman–Crippen MR) is 73.5 cm³/mol. The molecule has 18 heavy (non-hydrogen) atoms. The highest BCUT2D eigenvalue weighted by Crippen LogP contribution is 2.28. The number of aliphatic hydroxyl groups excluding tert-OH is 1. The van der Waals surface area contributed by atoms with E-state index >= 15 is 0 Å². The Morgan fingerprint density at radius 3 is 2.72 bits per heavy atom. The van der Waals surface area contributed by atoms with Crippen LogP contribution in [0.15, 0.2) is 18.3 Å². The lowest BCUT2D eigenvalue weighted by Crippen LogP contribution is -2.41. The minimum Gasteiger partial charge on any atom is -0.396 e. The molecule has 4 heteroatoms. The Bertz CT molecular complexity index is 360. The van der Waals surface area contributed by atoms with Crippen LogP contribution in [0.3, 0.4) is 0 Å². The fourth-order valence-corrected chi connectivity index (χ4v) is 2.26. The molecule has 0 radical (unpaired) electrons. The molecule has 1 aromatic heterocycles. The first-order valence-electron chi connectivity index (χ1n) is 6.81. The standard InChI is InChI=1S/C14H23N3O/c1-11(15)12-6-7-14(16-10-12)17(8-3-9-18)13-4-2-5-13/h6-7,10-11,13,18H,2-5,8-9,15H2,1H3/t11-/m0/s1. The zero-order valence-electron chi connectivity index (χ0n) is 11.0. The quantitative estimate of drug-likeness (QED) is 0.807. The maximum atomic E-state index is 8.99. The molecule has 2 rings (SSSR count). The van der Waals surface area contributed by atoms with Crippen molar-refractivity contribution in [1.82, 2.24) is 4.98 Å². The first-order chi connectivity index (χ1) is 8.72. The van der Waals surface area contributed by atoms with Crippen molar-refractivity contribution in [2.75, 3.05) is 18.1 Å². The summed E-state index contributed by atoms with van der Waals surface area (Å²) in [7, 11) is 0. The van der Waals surface area contributed by atoms with Crippen molar-refractivity contribution >= 4 is 5.82 Å². The molecule has 4 nitrogen and oxygen atoms in total. The van der Waals surface area contributed by atoms with Gasteiger partial charge < -0.3 is 15.7 Å². The molecule has 0 spiro atoms. The summed E-state index contributed by atoms with van der Waals surface area (Å²) < 4.78 is 0. The second-order valence-electron chi connectivity index (χ2n) is 5.09. The average Bonchev–Trinajstić information content (AvgIpc) is 2.32. The molecule has 1 aliphatic rings. The van der Waals surface area contributed by atoms with Gasteiger partial charge in [-0.15, -0.1) is 0 Å². The summed E-state index contributed by atoms with van der Waals surface area (Å²) in [4.78, 5) is 6.84. The Labute approximate surface area is 109 Å². The van der Waals surface area contributed by atoms with E-state index in [-0.39, 0.29) is 12.6 Å². The van der Waals surface area contributed by atoms with E-state index in [1.165, 1.54) is 19.3 Å². The van der Waals surface area contributed by atoms with Gasteiger partial charge >= 0.3 is 0 Å². The van der Waals surface area contributed by atoms with Gasteiger partial charge in [-0.1, -0.05) is 6.07 Å². The fraction of sp³-hybridized carbons (Fsp3) is 0.643. The molecule has 1 heterocycles. The number of nitrogens with two attached hydrogens (primary N) is 1. The maximum Gasteiger partial charge on any atom is 0.128 e. The van der Waals surface area contributed by atoms with E-state index in [4.69, 9.17) is 10.8 Å². The van der Waals surface area contributed by atoms with E-state index in [2.05, 4.69) is 16.0 Å². The molecule has 0 amide bonds. The fourth-order valence-electron chi connectivity index (χ4n) is 2.26. The Balaban J connectivity index is 2.08. The van der Waals surface area contributed by atoms with E-state index in [1.807, 2.05) is 19.2 Å². The van der Waals surface area contributed by atoms with Crippen LogP contribution in [0.25, 0.3) is 0 Å². The maximum absolute atomic E-state index is 8.99. The van der Waals surface area contributed by atoms with Gasteiger partial charge in [0, 0.05) is 31.4 Å². The monoisotopic (exact) mass is 249 g/mol. The summed E-state index contributed by atoms with van der Waals surface area (Å²) in [6.45, 7) is 3.08. The van der Waals surface area contributed by atoms with E-state index in [0.717, 1.165) is 24.3 Å². The highest BCUT2D eigenvalue weighted by Gasteiger charge is 2.25. The van der Waals surface area contributed by atoms with Crippen LogP contribution >= 0.6 is 0 Å². The van der Waals surface area contributed by atoms with Crippen molar-refractivity contribution in [1.29, 1.82) is 0 Å². The summed E-state index contributed by atoms with van der Waals surface area (Å²) in [6, 6.07) is 4.73. The largest absolute Gasteiger partial charge is 0.396 e. The van der Waals surface area contributed by atoms with Crippen LogP contribution in [-0.2, 0) is 0 Å². The van der Waals surface area contributed by atoms with E-state index in [0.29, 0.717) is 6.04 Å². The zero-order chi connectivity index (χ0) is 13.0. The van der Waals surface area contributed by atoms with Crippen molar-refractivity contribution in [2.24, 2.45) is 5.73 Å². The Morgan fingerprint density at radius 2 is 2.28 bits per heavy atom. The zero-order valence-corrected chi connectivity index (χ0v) is 11.0. The summed E-state index contributed by atoms with van der Waals surface area (Å²) in [5, 5.41) is 8.99. The Kier molecular flexibility index (Phi) is 4.55. The van der Waals surface area contributed by atoms with E-state index < -0.39 is 0 Å². The summed E-state index contributed by atoms with van der Waals surface area (Å²) >= 11 is 0. The van der Waals surface area contributed by atoms with Gasteiger partial charge in [0.15, 0.2) is 0 Å². The average molecular weight is 249 g/mol. The van der Waals surface area contributed by atoms with E-state index in [1.54, 1.807) is 0 Å². The topological polar surface area (TPSA) is 62.4 Å². The lowest BCUT2D eigenvalue weighted by molar-refractivity contribution is 0.282. The molecule has 100 valence electrons.